The molecule has 1 aromatic rings. The minimum Gasteiger partial charge on any atom is -0.490 e. The molecule has 1 radical (unpaired) electrons. The molecule has 0 bridgehead atoms. The maximum absolute atomic E-state index is 10.2. The molecule has 1 aromatic carbocycles. The number of hydrogen-bond donors (Lipinski definition) is 1. The summed E-state index contributed by atoms with van der Waals surface area (Å²) in [6.07, 6.45) is 0. The van der Waals surface area contributed by atoms with Crippen LogP contribution in [0.4, 0.5) is 0 Å². The van der Waals surface area contributed by atoms with Crippen molar-refractivity contribution in [1.82, 2.24) is 0 Å². The van der Waals surface area contributed by atoms with Crippen LogP contribution in [0.15, 0.2) is 12.1 Å². The second-order valence-electron chi connectivity index (χ2n) is 2.79. The largest absolute Gasteiger partial charge is 0.490 e. The van der Waals surface area contributed by atoms with E-state index in [0.717, 1.165) is 0 Å². The summed E-state index contributed by atoms with van der Waals surface area (Å²) in [5.74, 6) is 0.236. The molecule has 0 saturated carbocycles. The molecule has 18 heavy (non-hydrogen) atoms. The molecule has 0 aromatic heterocycles. The zero-order valence-corrected chi connectivity index (χ0v) is 14.3. The number of ether oxygens (including phenoxy) is 1. The molecular weight excluding hydrogens is 337 g/mol. The first-order valence-corrected chi connectivity index (χ1v) is 6.68. The van der Waals surface area contributed by atoms with E-state index in [1.807, 2.05) is 0 Å². The topological polar surface area (TPSA) is 72.8 Å². The first-order chi connectivity index (χ1) is 7.79. The third kappa shape index (κ3) is 6.79. The van der Waals surface area contributed by atoms with Crippen LogP contribution in [0.25, 0.3) is 0 Å². The predicted molar refractivity (Wildman–Crippen MR) is 70.2 cm³/mol. The molecule has 0 fully saturated rings. The van der Waals surface area contributed by atoms with Crippen LogP contribution in [0, 0.1) is 0 Å². The van der Waals surface area contributed by atoms with E-state index in [4.69, 9.17) is 44.1 Å². The van der Waals surface area contributed by atoms with Crippen LogP contribution >= 0.6 is 34.8 Å². The summed E-state index contributed by atoms with van der Waals surface area (Å²) in [6, 6.07) is 2.78. The molecule has 0 aliphatic rings. The average Bonchev–Trinajstić information content (AvgIpc) is 2.18. The Morgan fingerprint density at radius 1 is 1.06 bits per heavy atom. The van der Waals surface area contributed by atoms with E-state index >= 15 is 0 Å². The molecule has 5 nitrogen and oxygen atoms in total. The summed E-state index contributed by atoms with van der Waals surface area (Å²) in [6.45, 7) is -0.479. The Kier molecular flexibility index (Phi) is 8.48. The summed E-state index contributed by atoms with van der Waals surface area (Å²) in [7, 11) is -4.46. The summed E-state index contributed by atoms with van der Waals surface area (Å²) in [5, 5.41) is 0.756. The molecule has 0 amide bonds. The zero-order valence-electron chi connectivity index (χ0n) is 9.19. The van der Waals surface area contributed by atoms with Crippen LogP contribution < -0.4 is 4.74 Å². The van der Waals surface area contributed by atoms with Crippen molar-refractivity contribution in [3.05, 3.63) is 27.2 Å². The Balaban J connectivity index is 0.00000289. The van der Waals surface area contributed by atoms with Gasteiger partial charge in [-0.15, -0.1) is 0 Å². The Labute approximate surface area is 142 Å². The van der Waals surface area contributed by atoms with Crippen molar-refractivity contribution in [3.63, 3.8) is 0 Å². The molecule has 1 rings (SSSR count). The molecule has 97 valence electrons. The maximum atomic E-state index is 10.2. The molecule has 1 N–H and O–H groups in total. The maximum Gasteiger partial charge on any atom is 0.397 e. The van der Waals surface area contributed by atoms with Gasteiger partial charge in [-0.2, -0.15) is 8.42 Å². The predicted octanol–water partition coefficient (Wildman–Crippen LogP) is 2.46. The Bertz CT molecular complexity index is 508. The zero-order chi connectivity index (χ0) is 13.1. The van der Waals surface area contributed by atoms with E-state index in [1.54, 1.807) is 0 Å². The molecule has 0 atom stereocenters. The minimum atomic E-state index is -4.46. The van der Waals surface area contributed by atoms with Crippen LogP contribution in [-0.4, -0.2) is 55.7 Å². The van der Waals surface area contributed by atoms with Gasteiger partial charge in [0.1, 0.15) is 19.0 Å². The van der Waals surface area contributed by atoms with E-state index in [0.29, 0.717) is 0 Å². The normalized spacial score (nSPS) is 10.9. The van der Waals surface area contributed by atoms with Gasteiger partial charge >= 0.3 is 10.4 Å². The number of rotatable bonds is 5. The van der Waals surface area contributed by atoms with Crippen molar-refractivity contribution in [1.29, 1.82) is 0 Å². The third-order valence-electron chi connectivity index (χ3n) is 1.55. The second-order valence-corrected chi connectivity index (χ2v) is 5.11. The number of halogens is 3. The molecule has 0 heterocycles. The second kappa shape index (κ2) is 8.14. The van der Waals surface area contributed by atoms with Gasteiger partial charge in [0.25, 0.3) is 0 Å². The summed E-state index contributed by atoms with van der Waals surface area (Å²) in [5.41, 5.74) is 0. The Morgan fingerprint density at radius 2 is 1.61 bits per heavy atom. The van der Waals surface area contributed by atoms with Crippen molar-refractivity contribution in [2.24, 2.45) is 0 Å². The first-order valence-electron chi connectivity index (χ1n) is 4.19. The van der Waals surface area contributed by atoms with Crippen molar-refractivity contribution in [2.45, 2.75) is 0 Å². The van der Waals surface area contributed by atoms with Crippen LogP contribution in [0.2, 0.25) is 15.1 Å². The molecule has 0 unspecified atom stereocenters. The van der Waals surface area contributed by atoms with Gasteiger partial charge in [0.2, 0.25) is 0 Å². The average molecular weight is 345 g/mol. The number of hydrogen-bond acceptors (Lipinski definition) is 4. The summed E-state index contributed by atoms with van der Waals surface area (Å²) in [4.78, 5) is 0. The smallest absolute Gasteiger partial charge is 0.397 e. The van der Waals surface area contributed by atoms with Gasteiger partial charge in [-0.3, -0.25) is 4.55 Å². The standard InChI is InChI=1S/C8H7Cl3O5S.Na/c9-5-3-7(11)8(4-6(5)10)15-1-2-16-17(12,13)14;/h3-4H,1-2H2,(H,12,13,14);. The fourth-order valence-corrected chi connectivity index (χ4v) is 1.78. The van der Waals surface area contributed by atoms with Gasteiger partial charge in [0.15, 0.2) is 0 Å². The minimum absolute atomic E-state index is 0. The molecule has 10 heteroatoms. The van der Waals surface area contributed by atoms with Gasteiger partial charge in [0.05, 0.1) is 15.1 Å². The molecule has 0 spiro atoms. The quantitative estimate of drug-likeness (QED) is 0.384. The molecule has 0 aliphatic carbocycles. The molecular formula is C8H7Cl3NaO5S. The van der Waals surface area contributed by atoms with Crippen molar-refractivity contribution < 1.29 is 21.9 Å². The van der Waals surface area contributed by atoms with Crippen LogP contribution in [-0.2, 0) is 14.6 Å². The molecule has 0 saturated heterocycles. The van der Waals surface area contributed by atoms with E-state index < -0.39 is 10.4 Å². The monoisotopic (exact) mass is 343 g/mol. The fraction of sp³-hybridized carbons (Fsp3) is 0.250. The Morgan fingerprint density at radius 3 is 2.17 bits per heavy atom. The van der Waals surface area contributed by atoms with E-state index in [1.165, 1.54) is 12.1 Å². The summed E-state index contributed by atoms with van der Waals surface area (Å²) < 4.78 is 37.9. The van der Waals surface area contributed by atoms with Crippen LogP contribution in [0.1, 0.15) is 0 Å². The summed E-state index contributed by atoms with van der Waals surface area (Å²) >= 11 is 17.2. The van der Waals surface area contributed by atoms with Crippen LogP contribution in [0.3, 0.4) is 0 Å². The van der Waals surface area contributed by atoms with E-state index in [9.17, 15) is 8.42 Å². The number of benzene rings is 1. The van der Waals surface area contributed by atoms with Gasteiger partial charge in [0, 0.05) is 35.6 Å². The van der Waals surface area contributed by atoms with Gasteiger partial charge in [-0.1, -0.05) is 34.8 Å². The van der Waals surface area contributed by atoms with E-state index in [-0.39, 0.29) is 63.6 Å². The molecule has 0 aliphatic heterocycles. The van der Waals surface area contributed by atoms with Gasteiger partial charge in [-0.05, 0) is 6.07 Å². The third-order valence-corrected chi connectivity index (χ3v) is 3.03. The van der Waals surface area contributed by atoms with Crippen LogP contribution in [0.5, 0.6) is 5.75 Å². The first kappa shape index (κ1) is 18.8. The van der Waals surface area contributed by atoms with Crippen molar-refractivity contribution >= 4 is 74.8 Å². The van der Waals surface area contributed by atoms with Crippen molar-refractivity contribution in [3.8, 4) is 5.75 Å². The fourth-order valence-electron chi connectivity index (χ4n) is 0.906. The van der Waals surface area contributed by atoms with E-state index in [2.05, 4.69) is 4.18 Å². The van der Waals surface area contributed by atoms with Gasteiger partial charge in [-0.25, -0.2) is 4.18 Å². The Hall–Kier alpha value is 0.760. The van der Waals surface area contributed by atoms with Crippen molar-refractivity contribution in [2.75, 3.05) is 13.2 Å². The van der Waals surface area contributed by atoms with Gasteiger partial charge < -0.3 is 4.74 Å². The SMILES string of the molecule is O=S(=O)(O)OCCOc1cc(Cl)c(Cl)cc1Cl.[Na].